The molecule has 0 unspecified atom stereocenters. The van der Waals surface area contributed by atoms with Crippen molar-refractivity contribution in [3.8, 4) is 23.1 Å². The number of hydrogen-bond acceptors (Lipinski definition) is 6. The molecule has 158 valence electrons. The SMILES string of the molecule is Cc1cc(Oc2ccccn2)c(C)cc1OCc1c(C)cccc1-n1nnn(C)c1=O. The molecule has 0 aliphatic rings. The Kier molecular flexibility index (Phi) is 5.53. The summed E-state index contributed by atoms with van der Waals surface area (Å²) < 4.78 is 14.5. The summed E-state index contributed by atoms with van der Waals surface area (Å²) in [6.07, 6.45) is 1.69. The molecule has 2 aromatic carbocycles. The maximum absolute atomic E-state index is 12.3. The molecule has 0 spiro atoms. The standard InChI is InChI=1S/C23H23N5O3/c1-15-8-7-9-19(28-23(29)27(4)25-26-28)18(15)14-30-20-12-17(3)21(13-16(20)2)31-22-10-5-6-11-24-22/h5-13H,14H2,1-4H3. The van der Waals surface area contributed by atoms with Crippen molar-refractivity contribution in [3.05, 3.63) is 87.5 Å². The van der Waals surface area contributed by atoms with Crippen LogP contribution in [0.2, 0.25) is 0 Å². The minimum Gasteiger partial charge on any atom is -0.489 e. The smallest absolute Gasteiger partial charge is 0.368 e. The number of ether oxygens (including phenoxy) is 2. The van der Waals surface area contributed by atoms with Gasteiger partial charge in [0, 0.05) is 24.9 Å². The second kappa shape index (κ2) is 8.43. The van der Waals surface area contributed by atoms with Gasteiger partial charge < -0.3 is 9.47 Å². The molecule has 2 heterocycles. The fourth-order valence-corrected chi connectivity index (χ4v) is 3.24. The van der Waals surface area contributed by atoms with E-state index in [0.29, 0.717) is 11.6 Å². The average molecular weight is 417 g/mol. The van der Waals surface area contributed by atoms with Crippen molar-refractivity contribution in [2.24, 2.45) is 7.05 Å². The van der Waals surface area contributed by atoms with E-state index in [1.807, 2.05) is 69.3 Å². The van der Waals surface area contributed by atoms with Crippen LogP contribution in [0.5, 0.6) is 17.4 Å². The minimum atomic E-state index is -0.310. The lowest BCUT2D eigenvalue weighted by atomic mass is 10.1. The van der Waals surface area contributed by atoms with Gasteiger partial charge in [-0.3, -0.25) is 0 Å². The Balaban J connectivity index is 1.60. The van der Waals surface area contributed by atoms with Gasteiger partial charge in [-0.15, -0.1) is 0 Å². The third-order valence-corrected chi connectivity index (χ3v) is 5.03. The van der Waals surface area contributed by atoms with Gasteiger partial charge in [0.05, 0.1) is 5.69 Å². The summed E-state index contributed by atoms with van der Waals surface area (Å²) in [6.45, 7) is 6.19. The molecule has 4 rings (SSSR count). The van der Waals surface area contributed by atoms with Crippen LogP contribution in [-0.2, 0) is 13.7 Å². The van der Waals surface area contributed by atoms with E-state index in [2.05, 4.69) is 15.4 Å². The minimum absolute atomic E-state index is 0.283. The van der Waals surface area contributed by atoms with Crippen LogP contribution in [0, 0.1) is 20.8 Å². The lowest BCUT2D eigenvalue weighted by Crippen LogP contribution is -2.23. The van der Waals surface area contributed by atoms with Crippen molar-refractivity contribution in [3.63, 3.8) is 0 Å². The highest BCUT2D eigenvalue weighted by molar-refractivity contribution is 5.48. The first-order chi connectivity index (χ1) is 14.9. The Morgan fingerprint density at radius 3 is 2.39 bits per heavy atom. The number of benzene rings is 2. The topological polar surface area (TPSA) is 84.1 Å². The van der Waals surface area contributed by atoms with Crippen LogP contribution in [0.3, 0.4) is 0 Å². The van der Waals surface area contributed by atoms with Gasteiger partial charge in [-0.2, -0.15) is 9.36 Å². The van der Waals surface area contributed by atoms with E-state index in [1.54, 1.807) is 13.2 Å². The Morgan fingerprint density at radius 1 is 0.903 bits per heavy atom. The number of tetrazole rings is 1. The maximum Gasteiger partial charge on any atom is 0.368 e. The Morgan fingerprint density at radius 2 is 1.68 bits per heavy atom. The van der Waals surface area contributed by atoms with Crippen molar-refractivity contribution in [2.75, 3.05) is 0 Å². The quantitative estimate of drug-likeness (QED) is 0.476. The highest BCUT2D eigenvalue weighted by atomic mass is 16.5. The van der Waals surface area contributed by atoms with Crippen LogP contribution in [0.4, 0.5) is 0 Å². The third kappa shape index (κ3) is 4.18. The van der Waals surface area contributed by atoms with E-state index in [-0.39, 0.29) is 12.3 Å². The van der Waals surface area contributed by atoms with Gasteiger partial charge in [0.25, 0.3) is 0 Å². The molecular weight excluding hydrogens is 394 g/mol. The number of pyridine rings is 1. The molecular formula is C23H23N5O3. The van der Waals surface area contributed by atoms with Crippen molar-refractivity contribution in [2.45, 2.75) is 27.4 Å². The second-order valence-corrected chi connectivity index (χ2v) is 7.31. The molecule has 0 fully saturated rings. The van der Waals surface area contributed by atoms with Crippen LogP contribution in [-0.4, -0.2) is 24.8 Å². The molecule has 0 amide bonds. The zero-order valence-electron chi connectivity index (χ0n) is 17.9. The Labute approximate surface area is 179 Å². The summed E-state index contributed by atoms with van der Waals surface area (Å²) in [7, 11) is 1.57. The summed E-state index contributed by atoms with van der Waals surface area (Å²) in [4.78, 5) is 16.5. The number of aromatic nitrogens is 5. The average Bonchev–Trinajstić information content (AvgIpc) is 3.09. The maximum atomic E-state index is 12.3. The van der Waals surface area contributed by atoms with Gasteiger partial charge in [-0.05, 0) is 72.2 Å². The molecule has 8 heteroatoms. The third-order valence-electron chi connectivity index (χ3n) is 5.03. The molecule has 0 radical (unpaired) electrons. The van der Waals surface area contributed by atoms with Gasteiger partial charge in [-0.25, -0.2) is 9.78 Å². The molecule has 0 atom stereocenters. The van der Waals surface area contributed by atoms with Crippen LogP contribution in [0.25, 0.3) is 5.69 Å². The van der Waals surface area contributed by atoms with Crippen LogP contribution in [0.1, 0.15) is 22.3 Å². The van der Waals surface area contributed by atoms with E-state index >= 15 is 0 Å². The van der Waals surface area contributed by atoms with Crippen molar-refractivity contribution >= 4 is 0 Å². The van der Waals surface area contributed by atoms with Crippen molar-refractivity contribution in [1.82, 2.24) is 24.8 Å². The normalized spacial score (nSPS) is 10.8. The molecule has 0 aliphatic heterocycles. The van der Waals surface area contributed by atoms with E-state index < -0.39 is 0 Å². The number of aryl methyl sites for hydroxylation is 4. The van der Waals surface area contributed by atoms with E-state index in [0.717, 1.165) is 33.8 Å². The molecule has 2 aromatic heterocycles. The van der Waals surface area contributed by atoms with Gasteiger partial charge in [0.2, 0.25) is 5.88 Å². The van der Waals surface area contributed by atoms with E-state index in [4.69, 9.17) is 9.47 Å². The summed E-state index contributed by atoms with van der Waals surface area (Å²) in [5, 5.41) is 7.77. The molecule has 0 bridgehead atoms. The van der Waals surface area contributed by atoms with Crippen LogP contribution >= 0.6 is 0 Å². The molecule has 0 saturated carbocycles. The molecule has 4 aromatic rings. The number of rotatable bonds is 6. The van der Waals surface area contributed by atoms with Crippen molar-refractivity contribution in [1.29, 1.82) is 0 Å². The molecule has 31 heavy (non-hydrogen) atoms. The molecule has 0 aliphatic carbocycles. The van der Waals surface area contributed by atoms with Gasteiger partial charge in [-0.1, -0.05) is 18.2 Å². The van der Waals surface area contributed by atoms with Crippen LogP contribution in [0.15, 0.2) is 59.5 Å². The van der Waals surface area contributed by atoms with Crippen LogP contribution < -0.4 is 15.2 Å². The zero-order chi connectivity index (χ0) is 22.0. The lowest BCUT2D eigenvalue weighted by Gasteiger charge is -2.16. The zero-order valence-corrected chi connectivity index (χ0v) is 17.9. The summed E-state index contributed by atoms with van der Waals surface area (Å²) in [5.41, 5.74) is 4.08. The fraction of sp³-hybridized carbons (Fsp3) is 0.217. The number of nitrogens with zero attached hydrogens (tertiary/aromatic N) is 5. The summed E-state index contributed by atoms with van der Waals surface area (Å²) in [5.74, 6) is 2.01. The Bertz CT molecular complexity index is 1280. The first-order valence-electron chi connectivity index (χ1n) is 9.85. The van der Waals surface area contributed by atoms with E-state index in [1.165, 1.54) is 9.36 Å². The predicted molar refractivity (Wildman–Crippen MR) is 116 cm³/mol. The largest absolute Gasteiger partial charge is 0.489 e. The molecule has 0 N–H and O–H groups in total. The second-order valence-electron chi connectivity index (χ2n) is 7.31. The highest BCUT2D eigenvalue weighted by Crippen LogP contribution is 2.31. The Hall–Kier alpha value is -3.94. The monoisotopic (exact) mass is 417 g/mol. The van der Waals surface area contributed by atoms with Gasteiger partial charge in [0.15, 0.2) is 0 Å². The number of hydrogen-bond donors (Lipinski definition) is 0. The van der Waals surface area contributed by atoms with Gasteiger partial charge in [0.1, 0.15) is 18.1 Å². The first kappa shape index (κ1) is 20.3. The summed E-state index contributed by atoms with van der Waals surface area (Å²) in [6, 6.07) is 15.1. The first-order valence-corrected chi connectivity index (χ1v) is 9.85. The van der Waals surface area contributed by atoms with Gasteiger partial charge >= 0.3 is 5.69 Å². The highest BCUT2D eigenvalue weighted by Gasteiger charge is 2.15. The predicted octanol–water partition coefficient (Wildman–Crippen LogP) is 3.66. The fourth-order valence-electron chi connectivity index (χ4n) is 3.24. The summed E-state index contributed by atoms with van der Waals surface area (Å²) >= 11 is 0. The lowest BCUT2D eigenvalue weighted by molar-refractivity contribution is 0.302. The molecule has 0 saturated heterocycles. The molecule has 8 nitrogen and oxygen atoms in total. The van der Waals surface area contributed by atoms with Crippen molar-refractivity contribution < 1.29 is 9.47 Å². The van der Waals surface area contributed by atoms with E-state index in [9.17, 15) is 4.79 Å².